The lowest BCUT2D eigenvalue weighted by Gasteiger charge is -2.37. The molecule has 1 saturated heterocycles. The molecule has 8 heavy (non-hydrogen) atoms. The van der Waals surface area contributed by atoms with Gasteiger partial charge in [0, 0.05) is 0 Å². The van der Waals surface area contributed by atoms with Gasteiger partial charge in [-0.2, -0.15) is 13.2 Å². The molecule has 0 spiro atoms. The molecule has 0 saturated carbocycles. The number of hydrogen-bond acceptors (Lipinski definition) is 1. The number of rotatable bonds is 0. The Hall–Kier alpha value is 0.230. The Morgan fingerprint density at radius 3 is 1.75 bits per heavy atom. The van der Waals surface area contributed by atoms with Crippen molar-refractivity contribution in [3.05, 3.63) is 0 Å². The Kier molecular flexibility index (Phi) is 1.10. The average Bonchev–Trinajstić information content (AvgIpc) is 1.64. The zero-order valence-corrected chi connectivity index (χ0v) is 5.21. The molecule has 5 heteroatoms. The van der Waals surface area contributed by atoms with Crippen LogP contribution in [0.25, 0.3) is 0 Å². The summed E-state index contributed by atoms with van der Waals surface area (Å²) < 4.78 is 36.4. The molecule has 0 bridgehead atoms. The van der Waals surface area contributed by atoms with Gasteiger partial charge in [0.25, 0.3) is 0 Å². The number of hydrogen-bond donors (Lipinski definition) is 0. The molecule has 1 unspecified atom stereocenters. The lowest BCUT2D eigenvalue weighted by atomic mass is 10.3. The monoisotopic (exact) mass is 190 g/mol. The molecule has 0 amide bonds. The first kappa shape index (κ1) is 6.35. The van der Waals surface area contributed by atoms with Crippen molar-refractivity contribution in [2.45, 2.75) is 10.7 Å². The van der Waals surface area contributed by atoms with Gasteiger partial charge in [0.1, 0.15) is 6.61 Å². The highest BCUT2D eigenvalue weighted by molar-refractivity contribution is 9.10. The lowest BCUT2D eigenvalue weighted by Crippen LogP contribution is -2.56. The van der Waals surface area contributed by atoms with E-state index >= 15 is 0 Å². The van der Waals surface area contributed by atoms with Crippen molar-refractivity contribution in [3.63, 3.8) is 0 Å². The first-order valence-corrected chi connectivity index (χ1v) is 2.65. The van der Waals surface area contributed by atoms with Crippen LogP contribution in [0, 0.1) is 0 Å². The van der Waals surface area contributed by atoms with Gasteiger partial charge < -0.3 is 4.74 Å². The highest BCUT2D eigenvalue weighted by Crippen LogP contribution is 2.47. The minimum Gasteiger partial charge on any atom is -0.326 e. The van der Waals surface area contributed by atoms with Crippen molar-refractivity contribution < 1.29 is 17.9 Å². The predicted molar refractivity (Wildman–Crippen MR) is 23.7 cm³/mol. The van der Waals surface area contributed by atoms with Crippen molar-refractivity contribution in [2.24, 2.45) is 0 Å². The van der Waals surface area contributed by atoms with E-state index in [9.17, 15) is 13.2 Å². The molecule has 1 rings (SSSR count). The Bertz CT molecular complexity index is 99.1. The molecule has 0 N–H and O–H groups in total. The van der Waals surface area contributed by atoms with E-state index in [-0.39, 0.29) is 0 Å². The number of ether oxygens (including phenoxy) is 1. The zero-order chi connectivity index (χ0) is 6.41. The van der Waals surface area contributed by atoms with Crippen LogP contribution in [0.1, 0.15) is 0 Å². The van der Waals surface area contributed by atoms with Crippen LogP contribution in [0.4, 0.5) is 13.2 Å². The van der Waals surface area contributed by atoms with Gasteiger partial charge >= 0.3 is 10.7 Å². The molecule has 0 aromatic heterocycles. The second-order valence-electron chi connectivity index (χ2n) is 1.51. The fourth-order valence-electron chi connectivity index (χ4n) is 0.290. The molecular weight excluding hydrogens is 189 g/mol. The molecule has 1 fully saturated rings. The Morgan fingerprint density at radius 2 is 1.75 bits per heavy atom. The maximum absolute atomic E-state index is 11.9. The smallest absolute Gasteiger partial charge is 0.326 e. The van der Waals surface area contributed by atoms with Crippen LogP contribution in [0.3, 0.4) is 0 Å². The van der Waals surface area contributed by atoms with Gasteiger partial charge in [0.05, 0.1) is 0 Å². The normalized spacial score (nSPS) is 43.5. The Balaban J connectivity index is 2.63. The standard InChI is InChI=1S/C3H2BrF3O/c4-3(7)2(5,6)1-8-3/h1H2. The van der Waals surface area contributed by atoms with Crippen LogP contribution in [0.15, 0.2) is 0 Å². The molecule has 0 aromatic carbocycles. The van der Waals surface area contributed by atoms with Crippen LogP contribution >= 0.6 is 15.9 Å². The van der Waals surface area contributed by atoms with E-state index in [2.05, 4.69) is 4.74 Å². The van der Waals surface area contributed by atoms with E-state index < -0.39 is 17.3 Å². The molecule has 0 radical (unpaired) electrons. The molecule has 1 atom stereocenters. The molecular formula is C3H2BrF3O. The predicted octanol–water partition coefficient (Wildman–Crippen LogP) is 1.67. The summed E-state index contributed by atoms with van der Waals surface area (Å²) in [5.74, 6) is -3.35. The van der Waals surface area contributed by atoms with Gasteiger partial charge in [-0.3, -0.25) is 0 Å². The van der Waals surface area contributed by atoms with E-state index in [1.165, 1.54) is 0 Å². The summed E-state index contributed by atoms with van der Waals surface area (Å²) in [6, 6.07) is 0. The molecule has 1 aliphatic rings. The van der Waals surface area contributed by atoms with Crippen molar-refractivity contribution in [3.8, 4) is 0 Å². The van der Waals surface area contributed by atoms with E-state index in [1.54, 1.807) is 0 Å². The highest BCUT2D eigenvalue weighted by atomic mass is 79.9. The Morgan fingerprint density at radius 1 is 1.38 bits per heavy atom. The molecule has 0 aliphatic carbocycles. The van der Waals surface area contributed by atoms with E-state index in [0.29, 0.717) is 0 Å². The van der Waals surface area contributed by atoms with Gasteiger partial charge in [0.15, 0.2) is 0 Å². The maximum atomic E-state index is 11.9. The zero-order valence-electron chi connectivity index (χ0n) is 3.63. The fraction of sp³-hybridized carbons (Fsp3) is 1.00. The topological polar surface area (TPSA) is 9.23 Å². The molecule has 1 aliphatic heterocycles. The van der Waals surface area contributed by atoms with Gasteiger partial charge in [-0.1, -0.05) is 0 Å². The highest BCUT2D eigenvalue weighted by Gasteiger charge is 2.64. The van der Waals surface area contributed by atoms with E-state index in [1.807, 2.05) is 15.9 Å². The second kappa shape index (κ2) is 1.39. The number of alkyl halides is 4. The van der Waals surface area contributed by atoms with Crippen molar-refractivity contribution in [1.82, 2.24) is 0 Å². The third-order valence-electron chi connectivity index (χ3n) is 0.861. The van der Waals surface area contributed by atoms with Crippen molar-refractivity contribution in [2.75, 3.05) is 6.61 Å². The fourth-order valence-corrected chi connectivity index (χ4v) is 0.519. The molecule has 1 nitrogen and oxygen atoms in total. The molecule has 48 valence electrons. The minimum atomic E-state index is -3.35. The van der Waals surface area contributed by atoms with Crippen LogP contribution in [0.5, 0.6) is 0 Å². The van der Waals surface area contributed by atoms with Gasteiger partial charge in [-0.05, 0) is 15.9 Å². The summed E-state index contributed by atoms with van der Waals surface area (Å²) in [5.41, 5.74) is 0. The second-order valence-corrected chi connectivity index (χ2v) is 2.53. The molecule has 1 heterocycles. The van der Waals surface area contributed by atoms with Gasteiger partial charge in [-0.15, -0.1) is 0 Å². The summed E-state index contributed by atoms with van der Waals surface area (Å²) in [4.78, 5) is 0. The lowest BCUT2D eigenvalue weighted by molar-refractivity contribution is -0.330. The largest absolute Gasteiger partial charge is 0.338 e. The van der Waals surface area contributed by atoms with Crippen LogP contribution in [-0.4, -0.2) is 17.3 Å². The third kappa shape index (κ3) is 0.647. The quantitative estimate of drug-likeness (QED) is 0.529. The van der Waals surface area contributed by atoms with Crippen LogP contribution < -0.4 is 0 Å². The third-order valence-corrected chi connectivity index (χ3v) is 1.67. The number of halogens is 4. The average molecular weight is 191 g/mol. The summed E-state index contributed by atoms with van der Waals surface area (Å²) in [7, 11) is 0. The van der Waals surface area contributed by atoms with Crippen LogP contribution in [-0.2, 0) is 4.74 Å². The van der Waals surface area contributed by atoms with E-state index in [4.69, 9.17) is 0 Å². The SMILES string of the molecule is FC1(F)COC1(F)Br. The summed E-state index contributed by atoms with van der Waals surface area (Å²) in [5, 5.41) is 0. The van der Waals surface area contributed by atoms with Gasteiger partial charge in [-0.25, -0.2) is 0 Å². The van der Waals surface area contributed by atoms with Crippen LogP contribution in [0.2, 0.25) is 0 Å². The minimum absolute atomic E-state index is 0.839. The summed E-state index contributed by atoms with van der Waals surface area (Å²) in [6.45, 7) is -0.839. The Labute approximate surface area is 51.9 Å². The summed E-state index contributed by atoms with van der Waals surface area (Å²) in [6.07, 6.45) is 0. The van der Waals surface area contributed by atoms with E-state index in [0.717, 1.165) is 0 Å². The first-order valence-electron chi connectivity index (χ1n) is 1.85. The van der Waals surface area contributed by atoms with Crippen molar-refractivity contribution >= 4 is 15.9 Å². The van der Waals surface area contributed by atoms with Gasteiger partial charge in [0.2, 0.25) is 0 Å². The first-order chi connectivity index (χ1) is 3.46. The molecule has 0 aromatic rings. The maximum Gasteiger partial charge on any atom is 0.338 e. The summed E-state index contributed by atoms with van der Waals surface area (Å²) >= 11 is 2.05. The van der Waals surface area contributed by atoms with Crippen molar-refractivity contribution in [1.29, 1.82) is 0 Å².